The molecule has 0 saturated carbocycles. The Bertz CT molecular complexity index is 1060. The van der Waals surface area contributed by atoms with E-state index < -0.39 is 27.9 Å². The first-order chi connectivity index (χ1) is 14.5. The van der Waals surface area contributed by atoms with Crippen LogP contribution in [0.2, 0.25) is 0 Å². The van der Waals surface area contributed by atoms with Gasteiger partial charge in [0.15, 0.2) is 5.96 Å². The van der Waals surface area contributed by atoms with Crippen molar-refractivity contribution in [3.05, 3.63) is 40.6 Å². The van der Waals surface area contributed by atoms with Gasteiger partial charge in [0.1, 0.15) is 10.9 Å². The summed E-state index contributed by atoms with van der Waals surface area (Å²) in [6.45, 7) is 0.217. The Hall–Kier alpha value is -3.32. The van der Waals surface area contributed by atoms with Crippen LogP contribution in [0.4, 0.5) is 11.4 Å². The van der Waals surface area contributed by atoms with Crippen LogP contribution in [-0.4, -0.2) is 51.0 Å². The zero-order valence-electron chi connectivity index (χ0n) is 16.7. The van der Waals surface area contributed by atoms with E-state index in [1.54, 1.807) is 5.38 Å². The maximum atomic E-state index is 12.9. The third kappa shape index (κ3) is 6.08. The lowest BCUT2D eigenvalue weighted by Gasteiger charge is -2.20. The van der Waals surface area contributed by atoms with E-state index in [1.165, 1.54) is 37.4 Å². The lowest BCUT2D eigenvalue weighted by atomic mass is 10.1. The van der Waals surface area contributed by atoms with Crippen LogP contribution >= 0.6 is 11.3 Å². The van der Waals surface area contributed by atoms with Crippen LogP contribution in [0.1, 0.15) is 22.5 Å². The molecule has 11 nitrogen and oxygen atoms in total. The van der Waals surface area contributed by atoms with Crippen LogP contribution in [0, 0.1) is 0 Å². The second kappa shape index (κ2) is 10.1. The summed E-state index contributed by atoms with van der Waals surface area (Å²) in [5.74, 6) is -2.03. The quantitative estimate of drug-likeness (QED) is 0.143. The van der Waals surface area contributed by atoms with E-state index in [1.807, 2.05) is 0 Å². The Balaban J connectivity index is 2.18. The van der Waals surface area contributed by atoms with Crippen molar-refractivity contribution in [2.45, 2.75) is 23.8 Å². The van der Waals surface area contributed by atoms with Crippen molar-refractivity contribution in [3.8, 4) is 0 Å². The molecule has 0 aliphatic carbocycles. The summed E-state index contributed by atoms with van der Waals surface area (Å²) in [4.78, 5) is 28.1. The molecule has 0 radical (unpaired) electrons. The highest BCUT2D eigenvalue weighted by atomic mass is 32.2. The number of thiophene rings is 1. The Morgan fingerprint density at radius 1 is 1.23 bits per heavy atom. The van der Waals surface area contributed by atoms with Gasteiger partial charge in [-0.05, 0) is 48.6 Å². The third-order valence-electron chi connectivity index (χ3n) is 4.28. The van der Waals surface area contributed by atoms with Gasteiger partial charge in [-0.2, -0.15) is 0 Å². The number of carbonyl (C=O) groups excluding carboxylic acids is 1. The normalized spacial score (nSPS) is 12.0. The lowest BCUT2D eigenvalue weighted by Crippen LogP contribution is -2.41. The van der Waals surface area contributed by atoms with Gasteiger partial charge in [0, 0.05) is 19.3 Å². The first kappa shape index (κ1) is 24.0. The molecule has 31 heavy (non-hydrogen) atoms. The number of hydrogen-bond donors (Lipinski definition) is 5. The van der Waals surface area contributed by atoms with Gasteiger partial charge in [0.05, 0.1) is 10.6 Å². The number of rotatable bonds is 10. The molecule has 0 aliphatic rings. The van der Waals surface area contributed by atoms with Crippen molar-refractivity contribution in [3.63, 3.8) is 0 Å². The lowest BCUT2D eigenvalue weighted by molar-refractivity contribution is -0.139. The highest BCUT2D eigenvalue weighted by Crippen LogP contribution is 2.30. The van der Waals surface area contributed by atoms with Crippen molar-refractivity contribution in [1.82, 2.24) is 5.32 Å². The molecule has 0 unspecified atom stereocenters. The number of hydrogen-bond acceptors (Lipinski definition) is 7. The number of sulfonamides is 1. The van der Waals surface area contributed by atoms with Crippen LogP contribution < -0.4 is 26.8 Å². The SMILES string of the molecule is CN(c1ccsc1C(=O)N[C@@H](CCCN=C(N)N)C(=O)O)S(=O)(=O)c1ccc(N)cc1. The van der Waals surface area contributed by atoms with Crippen molar-refractivity contribution < 1.29 is 23.1 Å². The number of nitrogen functional groups attached to an aromatic ring is 1. The minimum absolute atomic E-state index is 0.00454. The molecule has 1 aromatic heterocycles. The van der Waals surface area contributed by atoms with E-state index in [0.29, 0.717) is 12.1 Å². The van der Waals surface area contributed by atoms with Crippen molar-refractivity contribution in [2.24, 2.45) is 16.5 Å². The summed E-state index contributed by atoms with van der Waals surface area (Å²) in [7, 11) is -2.64. The molecule has 1 heterocycles. The number of nitrogens with one attached hydrogen (secondary N) is 1. The number of nitrogens with zero attached hydrogens (tertiary/aromatic N) is 2. The summed E-state index contributed by atoms with van der Waals surface area (Å²) in [6.07, 6.45) is 0.427. The van der Waals surface area contributed by atoms with Crippen LogP contribution in [0.3, 0.4) is 0 Å². The van der Waals surface area contributed by atoms with Crippen molar-refractivity contribution in [1.29, 1.82) is 0 Å². The summed E-state index contributed by atoms with van der Waals surface area (Å²) in [6, 6.07) is 5.94. The van der Waals surface area contributed by atoms with Crippen molar-refractivity contribution >= 4 is 50.6 Å². The molecule has 8 N–H and O–H groups in total. The Morgan fingerprint density at radius 3 is 2.45 bits per heavy atom. The minimum Gasteiger partial charge on any atom is -0.480 e. The van der Waals surface area contributed by atoms with E-state index in [0.717, 1.165) is 15.6 Å². The molecule has 0 spiro atoms. The summed E-state index contributed by atoms with van der Waals surface area (Å²) < 4.78 is 26.8. The number of aliphatic carboxylic acids is 1. The fourth-order valence-corrected chi connectivity index (χ4v) is 4.72. The van der Waals surface area contributed by atoms with Crippen molar-refractivity contribution in [2.75, 3.05) is 23.6 Å². The number of nitrogens with two attached hydrogens (primary N) is 3. The molecule has 0 bridgehead atoms. The first-order valence-corrected chi connectivity index (χ1v) is 11.4. The fraction of sp³-hybridized carbons (Fsp3) is 0.278. The molecule has 2 rings (SSSR count). The average molecular weight is 469 g/mol. The number of amides is 1. The zero-order chi connectivity index (χ0) is 23.2. The second-order valence-electron chi connectivity index (χ2n) is 6.49. The molecule has 0 saturated heterocycles. The number of aliphatic imine (C=N–C) groups is 1. The smallest absolute Gasteiger partial charge is 0.326 e. The van der Waals surface area contributed by atoms with Gasteiger partial charge in [-0.25, -0.2) is 13.2 Å². The maximum Gasteiger partial charge on any atom is 0.326 e. The van der Waals surface area contributed by atoms with E-state index >= 15 is 0 Å². The highest BCUT2D eigenvalue weighted by molar-refractivity contribution is 7.92. The number of benzene rings is 1. The largest absolute Gasteiger partial charge is 0.480 e. The first-order valence-electron chi connectivity index (χ1n) is 9.05. The average Bonchev–Trinajstić information content (AvgIpc) is 3.19. The number of carboxylic acid groups (broad SMARTS) is 1. The molecule has 2 aromatic rings. The summed E-state index contributed by atoms with van der Waals surface area (Å²) in [5, 5.41) is 13.4. The molecule has 13 heteroatoms. The molecular weight excluding hydrogens is 444 g/mol. The third-order valence-corrected chi connectivity index (χ3v) is 6.97. The van der Waals surface area contributed by atoms with E-state index in [-0.39, 0.29) is 34.4 Å². The predicted octanol–water partition coefficient (Wildman–Crippen LogP) is 0.392. The van der Waals surface area contributed by atoms with Gasteiger partial charge in [-0.15, -0.1) is 11.3 Å². The molecule has 1 amide bonds. The Kier molecular flexibility index (Phi) is 7.83. The molecule has 1 aromatic carbocycles. The van der Waals surface area contributed by atoms with Gasteiger partial charge >= 0.3 is 5.97 Å². The predicted molar refractivity (Wildman–Crippen MR) is 120 cm³/mol. The minimum atomic E-state index is -3.96. The van der Waals surface area contributed by atoms with Crippen LogP contribution in [0.25, 0.3) is 0 Å². The van der Waals surface area contributed by atoms with Crippen LogP contribution in [0.5, 0.6) is 0 Å². The number of carboxylic acids is 1. The Labute approximate surface area is 183 Å². The molecule has 0 aliphatic heterocycles. The zero-order valence-corrected chi connectivity index (χ0v) is 18.3. The van der Waals surface area contributed by atoms with Gasteiger partial charge in [-0.1, -0.05) is 0 Å². The molecule has 1 atom stereocenters. The molecular formula is C18H24N6O5S2. The van der Waals surface area contributed by atoms with E-state index in [9.17, 15) is 23.1 Å². The van der Waals surface area contributed by atoms with Crippen LogP contribution in [0.15, 0.2) is 45.6 Å². The van der Waals surface area contributed by atoms with Gasteiger partial charge in [0.25, 0.3) is 15.9 Å². The van der Waals surface area contributed by atoms with Gasteiger partial charge < -0.3 is 27.6 Å². The number of carbonyl (C=O) groups is 2. The standard InChI is InChI=1S/C18H24N6O5S2/c1-24(31(28,29)12-6-4-11(19)5-7-12)14-8-10-30-15(14)16(25)23-13(17(26)27)3-2-9-22-18(20)21/h4-8,10,13H,2-3,9,19H2,1H3,(H,23,25)(H,26,27)(H4,20,21,22)/t13-/m0/s1. The summed E-state index contributed by atoms with van der Waals surface area (Å²) >= 11 is 1.000. The topological polar surface area (TPSA) is 194 Å². The van der Waals surface area contributed by atoms with Gasteiger partial charge in [-0.3, -0.25) is 14.1 Å². The van der Waals surface area contributed by atoms with E-state index in [4.69, 9.17) is 17.2 Å². The monoisotopic (exact) mass is 468 g/mol. The Morgan fingerprint density at radius 2 is 1.87 bits per heavy atom. The highest BCUT2D eigenvalue weighted by Gasteiger charge is 2.28. The number of anilines is 2. The summed E-state index contributed by atoms with van der Waals surface area (Å²) in [5.41, 5.74) is 16.6. The molecule has 168 valence electrons. The second-order valence-corrected chi connectivity index (χ2v) is 9.38. The molecule has 0 fully saturated rings. The van der Waals surface area contributed by atoms with E-state index in [2.05, 4.69) is 10.3 Å². The number of guanidine groups is 1. The maximum absolute atomic E-state index is 12.9. The van der Waals surface area contributed by atoms with Crippen LogP contribution in [-0.2, 0) is 14.8 Å². The fourth-order valence-electron chi connectivity index (χ4n) is 2.63. The van der Waals surface area contributed by atoms with Gasteiger partial charge in [0.2, 0.25) is 0 Å².